The van der Waals surface area contributed by atoms with Crippen LogP contribution in [0.4, 0.5) is 0 Å². The highest BCUT2D eigenvalue weighted by Crippen LogP contribution is 2.35. The van der Waals surface area contributed by atoms with Crippen molar-refractivity contribution in [3.63, 3.8) is 0 Å². The molecule has 1 aromatic heterocycles. The van der Waals surface area contributed by atoms with E-state index in [9.17, 15) is 0 Å². The van der Waals surface area contributed by atoms with Gasteiger partial charge in [0.15, 0.2) is 9.79 Å². The summed E-state index contributed by atoms with van der Waals surface area (Å²) in [5.41, 5.74) is 0. The number of thiophene rings is 1. The maximum Gasteiger partial charge on any atom is 0.220 e. The average molecular weight is 386 g/mol. The van der Waals surface area contributed by atoms with Crippen LogP contribution in [0.3, 0.4) is 0 Å². The molecule has 0 aliphatic heterocycles. The lowest BCUT2D eigenvalue weighted by molar-refractivity contribution is 0.317. The van der Waals surface area contributed by atoms with Crippen molar-refractivity contribution in [3.8, 4) is 11.5 Å². The van der Waals surface area contributed by atoms with Gasteiger partial charge in [-0.15, -0.1) is 0 Å². The maximum atomic E-state index is 5.73. The summed E-state index contributed by atoms with van der Waals surface area (Å²) in [7, 11) is -0.104. The van der Waals surface area contributed by atoms with Gasteiger partial charge in [-0.25, -0.2) is 0 Å². The molecule has 26 heavy (non-hydrogen) atoms. The van der Waals surface area contributed by atoms with Gasteiger partial charge in [-0.05, 0) is 72.8 Å². The second-order valence-electron chi connectivity index (χ2n) is 5.88. The highest BCUT2D eigenvalue weighted by molar-refractivity contribution is 7.98. The number of hydrogen-bond donors (Lipinski definition) is 0. The first-order chi connectivity index (χ1) is 12.8. The van der Waals surface area contributed by atoms with E-state index in [1.165, 1.54) is 14.0 Å². The molecule has 3 rings (SSSR count). The van der Waals surface area contributed by atoms with Gasteiger partial charge in [0.2, 0.25) is 4.21 Å². The fraction of sp³-hybridized carbons (Fsp3) is 0.273. The Kier molecular flexibility index (Phi) is 7.04. The normalized spacial score (nSPS) is 10.9. The zero-order valence-corrected chi connectivity index (χ0v) is 16.9. The molecule has 0 unspecified atom stereocenters. The van der Waals surface area contributed by atoms with E-state index in [1.54, 1.807) is 11.3 Å². The van der Waals surface area contributed by atoms with E-state index in [0.717, 1.165) is 37.6 Å². The van der Waals surface area contributed by atoms with Crippen molar-refractivity contribution in [2.24, 2.45) is 0 Å². The number of rotatable bonds is 9. The summed E-state index contributed by atoms with van der Waals surface area (Å²) in [6.45, 7) is 5.76. The van der Waals surface area contributed by atoms with Crippen LogP contribution >= 0.6 is 11.3 Å². The molecule has 0 aliphatic carbocycles. The third-order valence-electron chi connectivity index (χ3n) is 3.76. The van der Waals surface area contributed by atoms with Gasteiger partial charge in [-0.1, -0.05) is 25.2 Å². The fourth-order valence-electron chi connectivity index (χ4n) is 2.53. The van der Waals surface area contributed by atoms with E-state index in [0.29, 0.717) is 0 Å². The van der Waals surface area contributed by atoms with Crippen LogP contribution in [0.1, 0.15) is 26.7 Å². The minimum Gasteiger partial charge on any atom is -0.494 e. The number of hydrogen-bond acceptors (Lipinski definition) is 3. The molecule has 136 valence electrons. The summed E-state index contributed by atoms with van der Waals surface area (Å²) >= 11 is 1.81. The maximum absolute atomic E-state index is 5.73. The minimum absolute atomic E-state index is 0.104. The molecule has 0 bridgehead atoms. The van der Waals surface area contributed by atoms with Gasteiger partial charge in [-0.2, -0.15) is 0 Å². The zero-order chi connectivity index (χ0) is 18.2. The van der Waals surface area contributed by atoms with Gasteiger partial charge in [0, 0.05) is 6.07 Å². The highest BCUT2D eigenvalue weighted by atomic mass is 32.2. The van der Waals surface area contributed by atoms with Crippen LogP contribution in [0.25, 0.3) is 0 Å². The Bertz CT molecular complexity index is 713. The van der Waals surface area contributed by atoms with Gasteiger partial charge in [0.1, 0.15) is 22.4 Å². The van der Waals surface area contributed by atoms with E-state index in [4.69, 9.17) is 9.47 Å². The molecule has 0 amide bonds. The first-order valence-corrected chi connectivity index (χ1v) is 11.2. The molecule has 0 radical (unpaired) electrons. The standard InChI is InChI=1S/C22H25O2S2/c1-3-15-23-18-7-11-20(12-8-18)26(22-6-5-17-25-22)21-13-9-19(10-14-21)24-16-4-2/h5-14,17H,3-4,15-16H2,1-2H3/q+1. The topological polar surface area (TPSA) is 18.5 Å². The van der Waals surface area contributed by atoms with E-state index >= 15 is 0 Å². The molecule has 0 atom stereocenters. The van der Waals surface area contributed by atoms with Crippen LogP contribution in [-0.4, -0.2) is 13.2 Å². The van der Waals surface area contributed by atoms with Crippen molar-refractivity contribution in [1.29, 1.82) is 0 Å². The molecule has 3 aromatic rings. The molecule has 2 nitrogen and oxygen atoms in total. The van der Waals surface area contributed by atoms with Gasteiger partial charge in [-0.3, -0.25) is 0 Å². The second-order valence-corrected chi connectivity index (χ2v) is 9.08. The second kappa shape index (κ2) is 9.70. The molecular weight excluding hydrogens is 360 g/mol. The molecule has 0 saturated heterocycles. The molecule has 4 heteroatoms. The lowest BCUT2D eigenvalue weighted by atomic mass is 10.3. The summed E-state index contributed by atoms with van der Waals surface area (Å²) in [5, 5.41) is 2.15. The smallest absolute Gasteiger partial charge is 0.220 e. The predicted octanol–water partition coefficient (Wildman–Crippen LogP) is 6.42. The van der Waals surface area contributed by atoms with Crippen LogP contribution < -0.4 is 9.47 Å². The van der Waals surface area contributed by atoms with Crippen molar-refractivity contribution < 1.29 is 9.47 Å². The first-order valence-electron chi connectivity index (χ1n) is 9.05. The largest absolute Gasteiger partial charge is 0.494 e. The number of ether oxygens (including phenoxy) is 2. The van der Waals surface area contributed by atoms with Crippen molar-refractivity contribution in [3.05, 3.63) is 66.0 Å². The van der Waals surface area contributed by atoms with Crippen LogP contribution in [0, 0.1) is 0 Å². The van der Waals surface area contributed by atoms with Gasteiger partial charge < -0.3 is 9.47 Å². The molecular formula is C22H25O2S2+. The number of benzene rings is 2. The molecule has 0 spiro atoms. The van der Waals surface area contributed by atoms with Crippen LogP contribution in [0.15, 0.2) is 80.0 Å². The predicted molar refractivity (Wildman–Crippen MR) is 111 cm³/mol. The summed E-state index contributed by atoms with van der Waals surface area (Å²) in [4.78, 5) is 2.61. The molecule has 2 aromatic carbocycles. The molecule has 0 saturated carbocycles. The Morgan fingerprint density at radius 1 is 0.731 bits per heavy atom. The van der Waals surface area contributed by atoms with E-state index in [2.05, 4.69) is 79.9 Å². The Balaban J connectivity index is 1.86. The monoisotopic (exact) mass is 385 g/mol. The lowest BCUT2D eigenvalue weighted by Gasteiger charge is -2.09. The van der Waals surface area contributed by atoms with Crippen molar-refractivity contribution in [1.82, 2.24) is 0 Å². The molecule has 1 heterocycles. The Hall–Kier alpha value is -1.91. The highest BCUT2D eigenvalue weighted by Gasteiger charge is 2.29. The van der Waals surface area contributed by atoms with Gasteiger partial charge >= 0.3 is 0 Å². The molecule has 0 aliphatic rings. The zero-order valence-electron chi connectivity index (χ0n) is 15.3. The van der Waals surface area contributed by atoms with Crippen LogP contribution in [0.5, 0.6) is 11.5 Å². The van der Waals surface area contributed by atoms with E-state index < -0.39 is 0 Å². The third-order valence-corrected chi connectivity index (χ3v) is 7.24. The molecule has 0 N–H and O–H groups in total. The average Bonchev–Trinajstić information content (AvgIpc) is 3.21. The first kappa shape index (κ1) is 18.9. The fourth-order valence-corrected chi connectivity index (χ4v) is 5.88. The van der Waals surface area contributed by atoms with Crippen molar-refractivity contribution in [2.75, 3.05) is 13.2 Å². The summed E-state index contributed by atoms with van der Waals surface area (Å²) < 4.78 is 12.8. The van der Waals surface area contributed by atoms with Crippen LogP contribution in [-0.2, 0) is 10.9 Å². The lowest BCUT2D eigenvalue weighted by Crippen LogP contribution is -2.03. The van der Waals surface area contributed by atoms with E-state index in [-0.39, 0.29) is 10.9 Å². The Morgan fingerprint density at radius 2 is 1.23 bits per heavy atom. The van der Waals surface area contributed by atoms with Gasteiger partial charge in [0.05, 0.1) is 13.2 Å². The summed E-state index contributed by atoms with van der Waals surface area (Å²) in [6, 6.07) is 21.4. The van der Waals surface area contributed by atoms with Crippen LogP contribution in [0.2, 0.25) is 0 Å². The van der Waals surface area contributed by atoms with E-state index in [1.807, 2.05) is 0 Å². The minimum atomic E-state index is -0.104. The third kappa shape index (κ3) is 4.83. The quantitative estimate of drug-likeness (QED) is 0.396. The Labute approximate surface area is 163 Å². The summed E-state index contributed by atoms with van der Waals surface area (Å²) in [5.74, 6) is 1.88. The van der Waals surface area contributed by atoms with Gasteiger partial charge in [0.25, 0.3) is 0 Å². The van der Waals surface area contributed by atoms with Crippen molar-refractivity contribution >= 4 is 22.2 Å². The summed E-state index contributed by atoms with van der Waals surface area (Å²) in [6.07, 6.45) is 2.04. The SMILES string of the molecule is CCCOc1ccc([S+](c2ccc(OCCC)cc2)c2cccs2)cc1. The van der Waals surface area contributed by atoms with Crippen molar-refractivity contribution in [2.45, 2.75) is 40.7 Å². The Morgan fingerprint density at radius 3 is 1.62 bits per heavy atom. The molecule has 0 fully saturated rings.